The Morgan fingerprint density at radius 3 is 2.26 bits per heavy atom. The lowest BCUT2D eigenvalue weighted by Crippen LogP contribution is -2.41. The zero-order valence-corrected chi connectivity index (χ0v) is 13.9. The minimum atomic E-state index is -1.05. The van der Waals surface area contributed by atoms with Crippen molar-refractivity contribution < 1.29 is 19.2 Å². The van der Waals surface area contributed by atoms with Crippen molar-refractivity contribution in [3.8, 4) is 0 Å². The Kier molecular flexibility index (Phi) is 4.57. The maximum absolute atomic E-state index is 11.0. The standard InChI is InChI=1S/C16H23BN2O4/c1-15(2)16(3,4)23-17(22-15)11(9-18)7-10-5-6-12(14(20)21)13(19)8-10/h5-8H,9,18-19H2,1-4H3,(H,20,21). The largest absolute Gasteiger partial charge is 0.491 e. The topological polar surface area (TPSA) is 108 Å². The third-order valence-corrected chi connectivity index (χ3v) is 4.45. The molecule has 0 aromatic heterocycles. The van der Waals surface area contributed by atoms with Crippen molar-refractivity contribution in [1.82, 2.24) is 0 Å². The Bertz CT molecular complexity index is 639. The lowest BCUT2D eigenvalue weighted by atomic mass is 9.77. The van der Waals surface area contributed by atoms with Crippen LogP contribution in [0, 0.1) is 0 Å². The molecule has 0 bridgehead atoms. The molecule has 0 spiro atoms. The molecule has 0 radical (unpaired) electrons. The average molecular weight is 318 g/mol. The van der Waals surface area contributed by atoms with Gasteiger partial charge < -0.3 is 25.9 Å². The molecular formula is C16H23BN2O4. The molecule has 7 heteroatoms. The number of carboxylic acids is 1. The first-order valence-electron chi connectivity index (χ1n) is 7.46. The SMILES string of the molecule is CC1(C)OB(C(=Cc2ccc(C(=O)O)c(N)c2)CN)OC1(C)C. The maximum Gasteiger partial charge on any atom is 0.491 e. The van der Waals surface area contributed by atoms with Crippen LogP contribution in [0.2, 0.25) is 0 Å². The lowest BCUT2D eigenvalue weighted by molar-refractivity contribution is 0.00578. The van der Waals surface area contributed by atoms with Gasteiger partial charge in [-0.2, -0.15) is 0 Å². The number of nitrogen functional groups attached to an aromatic ring is 1. The van der Waals surface area contributed by atoms with E-state index in [4.69, 9.17) is 25.9 Å². The monoisotopic (exact) mass is 318 g/mol. The van der Waals surface area contributed by atoms with Gasteiger partial charge in [-0.1, -0.05) is 12.1 Å². The number of rotatable bonds is 4. The molecule has 2 rings (SSSR count). The van der Waals surface area contributed by atoms with Crippen LogP contribution in [0.1, 0.15) is 43.6 Å². The van der Waals surface area contributed by atoms with Crippen molar-refractivity contribution in [2.45, 2.75) is 38.9 Å². The Morgan fingerprint density at radius 1 is 1.26 bits per heavy atom. The molecule has 0 saturated carbocycles. The van der Waals surface area contributed by atoms with Crippen LogP contribution in [-0.4, -0.2) is 35.9 Å². The van der Waals surface area contributed by atoms with Gasteiger partial charge in [0, 0.05) is 12.2 Å². The molecule has 5 N–H and O–H groups in total. The van der Waals surface area contributed by atoms with E-state index in [0.717, 1.165) is 11.0 Å². The maximum atomic E-state index is 11.0. The van der Waals surface area contributed by atoms with E-state index < -0.39 is 24.3 Å². The van der Waals surface area contributed by atoms with Gasteiger partial charge in [-0.3, -0.25) is 0 Å². The molecule has 1 fully saturated rings. The third kappa shape index (κ3) is 3.42. The van der Waals surface area contributed by atoms with Gasteiger partial charge in [0.25, 0.3) is 0 Å². The lowest BCUT2D eigenvalue weighted by Gasteiger charge is -2.32. The van der Waals surface area contributed by atoms with Crippen LogP contribution in [0.25, 0.3) is 6.08 Å². The van der Waals surface area contributed by atoms with E-state index in [9.17, 15) is 4.79 Å². The second-order valence-electron chi connectivity index (χ2n) is 6.66. The van der Waals surface area contributed by atoms with Crippen LogP contribution in [0.5, 0.6) is 0 Å². The van der Waals surface area contributed by atoms with Crippen LogP contribution >= 0.6 is 0 Å². The Morgan fingerprint density at radius 2 is 1.83 bits per heavy atom. The summed E-state index contributed by atoms with van der Waals surface area (Å²) < 4.78 is 12.0. The van der Waals surface area contributed by atoms with Crippen molar-refractivity contribution in [3.63, 3.8) is 0 Å². The van der Waals surface area contributed by atoms with Crippen LogP contribution < -0.4 is 11.5 Å². The molecule has 1 aromatic carbocycles. The number of hydrogen-bond donors (Lipinski definition) is 3. The van der Waals surface area contributed by atoms with Gasteiger partial charge in [0.1, 0.15) is 0 Å². The molecular weight excluding hydrogens is 295 g/mol. The molecule has 1 aliphatic heterocycles. The zero-order chi connectivity index (χ0) is 17.4. The zero-order valence-electron chi connectivity index (χ0n) is 13.9. The first kappa shape index (κ1) is 17.5. The van der Waals surface area contributed by atoms with E-state index in [1.807, 2.05) is 33.8 Å². The fourth-order valence-electron chi connectivity index (χ4n) is 2.30. The van der Waals surface area contributed by atoms with Gasteiger partial charge in [-0.15, -0.1) is 0 Å². The summed E-state index contributed by atoms with van der Waals surface area (Å²) in [5, 5.41) is 9.02. The second-order valence-corrected chi connectivity index (χ2v) is 6.66. The van der Waals surface area contributed by atoms with Crippen molar-refractivity contribution in [1.29, 1.82) is 0 Å². The molecule has 0 aliphatic carbocycles. The summed E-state index contributed by atoms with van der Waals surface area (Å²) in [5.74, 6) is -1.05. The highest BCUT2D eigenvalue weighted by atomic mass is 16.7. The highest BCUT2D eigenvalue weighted by molar-refractivity contribution is 6.55. The highest BCUT2D eigenvalue weighted by Gasteiger charge is 2.52. The van der Waals surface area contributed by atoms with E-state index in [0.29, 0.717) is 0 Å². The van der Waals surface area contributed by atoms with E-state index in [2.05, 4.69) is 0 Å². The normalized spacial score (nSPS) is 19.9. The van der Waals surface area contributed by atoms with Crippen LogP contribution in [0.4, 0.5) is 5.69 Å². The molecule has 1 aromatic rings. The number of anilines is 1. The third-order valence-electron chi connectivity index (χ3n) is 4.45. The molecule has 124 valence electrons. The van der Waals surface area contributed by atoms with Gasteiger partial charge in [0.15, 0.2) is 0 Å². The summed E-state index contributed by atoms with van der Waals surface area (Å²) in [6.45, 7) is 8.15. The number of hydrogen-bond acceptors (Lipinski definition) is 5. The molecule has 1 saturated heterocycles. The van der Waals surface area contributed by atoms with E-state index in [-0.39, 0.29) is 17.8 Å². The highest BCUT2D eigenvalue weighted by Crippen LogP contribution is 2.38. The summed E-state index contributed by atoms with van der Waals surface area (Å²) in [5.41, 5.74) is 12.5. The molecule has 23 heavy (non-hydrogen) atoms. The molecule has 0 atom stereocenters. The van der Waals surface area contributed by atoms with Gasteiger partial charge in [0.2, 0.25) is 0 Å². The molecule has 0 unspecified atom stereocenters. The predicted octanol–water partition coefficient (Wildman–Crippen LogP) is 1.94. The first-order chi connectivity index (χ1) is 10.6. The molecule has 1 heterocycles. The van der Waals surface area contributed by atoms with Gasteiger partial charge in [-0.05, 0) is 50.9 Å². The van der Waals surface area contributed by atoms with Gasteiger partial charge >= 0.3 is 13.1 Å². The minimum Gasteiger partial charge on any atom is -0.478 e. The average Bonchev–Trinajstić information content (AvgIpc) is 2.64. The fraction of sp³-hybridized carbons (Fsp3) is 0.438. The number of nitrogens with two attached hydrogens (primary N) is 2. The Labute approximate surface area is 136 Å². The molecule has 6 nitrogen and oxygen atoms in total. The van der Waals surface area contributed by atoms with Gasteiger partial charge in [0.05, 0.1) is 16.8 Å². The van der Waals surface area contributed by atoms with E-state index in [1.54, 1.807) is 12.1 Å². The van der Waals surface area contributed by atoms with E-state index >= 15 is 0 Å². The van der Waals surface area contributed by atoms with Crippen molar-refractivity contribution >= 4 is 24.9 Å². The van der Waals surface area contributed by atoms with Crippen molar-refractivity contribution in [3.05, 3.63) is 34.8 Å². The van der Waals surface area contributed by atoms with Gasteiger partial charge in [-0.25, -0.2) is 4.79 Å². The minimum absolute atomic E-state index is 0.0760. The van der Waals surface area contributed by atoms with Crippen molar-refractivity contribution in [2.75, 3.05) is 12.3 Å². The number of carbonyl (C=O) groups is 1. The second kappa shape index (κ2) is 6.00. The first-order valence-corrected chi connectivity index (χ1v) is 7.46. The number of carboxylic acid groups (broad SMARTS) is 1. The summed E-state index contributed by atoms with van der Waals surface area (Å²) in [6.07, 6.45) is 1.82. The Hall–Kier alpha value is -1.83. The fourth-order valence-corrected chi connectivity index (χ4v) is 2.30. The summed E-state index contributed by atoms with van der Waals surface area (Å²) in [6, 6.07) is 4.76. The molecule has 1 aliphatic rings. The summed E-state index contributed by atoms with van der Waals surface area (Å²) in [7, 11) is -0.537. The Balaban J connectivity index is 2.30. The van der Waals surface area contributed by atoms with Crippen molar-refractivity contribution in [2.24, 2.45) is 5.73 Å². The number of benzene rings is 1. The van der Waals surface area contributed by atoms with Crippen LogP contribution in [-0.2, 0) is 9.31 Å². The summed E-state index contributed by atoms with van der Waals surface area (Å²) >= 11 is 0. The number of aromatic carboxylic acids is 1. The smallest absolute Gasteiger partial charge is 0.478 e. The summed E-state index contributed by atoms with van der Waals surface area (Å²) in [4.78, 5) is 11.0. The molecule has 0 amide bonds. The van der Waals surface area contributed by atoms with Crippen LogP contribution in [0.3, 0.4) is 0 Å². The predicted molar refractivity (Wildman–Crippen MR) is 90.9 cm³/mol. The van der Waals surface area contributed by atoms with Crippen LogP contribution in [0.15, 0.2) is 23.7 Å². The quantitative estimate of drug-likeness (QED) is 0.578. The van der Waals surface area contributed by atoms with E-state index in [1.165, 1.54) is 6.07 Å².